The summed E-state index contributed by atoms with van der Waals surface area (Å²) in [5, 5.41) is 3.95. The Bertz CT molecular complexity index is 1150. The van der Waals surface area contributed by atoms with Crippen molar-refractivity contribution in [3.8, 4) is 17.1 Å². The SMILES string of the molecule is COc1ccccc1-c1noc(COC(=O)C23CCC(=O)N2c2ccccc2S3)n1. The smallest absolute Gasteiger partial charge is 0.344 e. The van der Waals surface area contributed by atoms with Crippen LogP contribution in [0, 0.1) is 0 Å². The van der Waals surface area contributed by atoms with Crippen LogP contribution in [0.3, 0.4) is 0 Å². The quantitative estimate of drug-likeness (QED) is 0.576. The van der Waals surface area contributed by atoms with Gasteiger partial charge in [0.2, 0.25) is 11.7 Å². The second-order valence-electron chi connectivity index (χ2n) is 6.87. The van der Waals surface area contributed by atoms with E-state index in [2.05, 4.69) is 10.1 Å². The van der Waals surface area contributed by atoms with Crippen molar-refractivity contribution in [2.45, 2.75) is 29.2 Å². The van der Waals surface area contributed by atoms with Crippen LogP contribution in [-0.2, 0) is 20.9 Å². The number of fused-ring (bicyclic) bond motifs is 3. The molecule has 5 rings (SSSR count). The molecule has 3 heterocycles. The van der Waals surface area contributed by atoms with E-state index in [0.717, 1.165) is 10.6 Å². The number of hydrogen-bond donors (Lipinski definition) is 0. The molecule has 0 radical (unpaired) electrons. The van der Waals surface area contributed by atoms with Crippen molar-refractivity contribution in [3.05, 3.63) is 54.4 Å². The van der Waals surface area contributed by atoms with Crippen molar-refractivity contribution in [3.63, 3.8) is 0 Å². The van der Waals surface area contributed by atoms with Crippen LogP contribution in [0.1, 0.15) is 18.7 Å². The lowest BCUT2D eigenvalue weighted by Crippen LogP contribution is -2.47. The number of anilines is 1. The lowest BCUT2D eigenvalue weighted by molar-refractivity contribution is -0.148. The Morgan fingerprint density at radius 1 is 1.23 bits per heavy atom. The van der Waals surface area contributed by atoms with E-state index >= 15 is 0 Å². The highest BCUT2D eigenvalue weighted by atomic mass is 32.2. The number of amides is 1. The summed E-state index contributed by atoms with van der Waals surface area (Å²) in [5.41, 5.74) is 1.42. The summed E-state index contributed by atoms with van der Waals surface area (Å²) >= 11 is 1.36. The van der Waals surface area contributed by atoms with Crippen LogP contribution in [0.2, 0.25) is 0 Å². The van der Waals surface area contributed by atoms with Crippen LogP contribution < -0.4 is 9.64 Å². The van der Waals surface area contributed by atoms with Crippen LogP contribution in [0.15, 0.2) is 57.9 Å². The molecule has 0 aliphatic carbocycles. The fraction of sp³-hybridized carbons (Fsp3) is 0.238. The van der Waals surface area contributed by atoms with Crippen LogP contribution in [0.5, 0.6) is 5.75 Å². The predicted octanol–water partition coefficient (Wildman–Crippen LogP) is 3.42. The molecule has 2 aromatic carbocycles. The minimum atomic E-state index is -1.08. The number of methoxy groups -OCH3 is 1. The summed E-state index contributed by atoms with van der Waals surface area (Å²) in [6.45, 7) is -0.179. The zero-order valence-corrected chi connectivity index (χ0v) is 16.8. The molecule has 0 spiro atoms. The van der Waals surface area contributed by atoms with Gasteiger partial charge in [0.1, 0.15) is 5.75 Å². The van der Waals surface area contributed by atoms with E-state index in [1.807, 2.05) is 42.5 Å². The summed E-state index contributed by atoms with van der Waals surface area (Å²) in [6, 6.07) is 14.8. The summed E-state index contributed by atoms with van der Waals surface area (Å²) in [4.78, 5) is 31.2. The number of hydrogen-bond acceptors (Lipinski definition) is 8. The molecule has 1 amide bonds. The minimum Gasteiger partial charge on any atom is -0.496 e. The van der Waals surface area contributed by atoms with Crippen molar-refractivity contribution < 1.29 is 23.6 Å². The molecular weight excluding hydrogens is 406 g/mol. The molecule has 152 valence electrons. The third-order valence-corrected chi connectivity index (χ3v) is 6.59. The first kappa shape index (κ1) is 18.7. The highest BCUT2D eigenvalue weighted by Crippen LogP contribution is 2.56. The standard InChI is InChI=1S/C21H17N3O5S/c1-27-15-8-4-2-6-13(15)19-22-17(29-23-19)12-28-20(26)21-11-10-18(25)24(21)14-7-3-5-9-16(14)30-21/h2-9H,10-12H2,1H3. The first-order valence-electron chi connectivity index (χ1n) is 9.37. The summed E-state index contributed by atoms with van der Waals surface area (Å²) in [7, 11) is 1.56. The Labute approximate surface area is 176 Å². The molecule has 1 atom stereocenters. The number of ether oxygens (including phenoxy) is 2. The molecular formula is C21H17N3O5S. The first-order chi connectivity index (χ1) is 14.6. The number of thioether (sulfide) groups is 1. The van der Waals surface area contributed by atoms with Crippen molar-refractivity contribution in [1.29, 1.82) is 0 Å². The van der Waals surface area contributed by atoms with Crippen LogP contribution in [0.25, 0.3) is 11.4 Å². The zero-order chi connectivity index (χ0) is 20.7. The third kappa shape index (κ3) is 2.85. The van der Waals surface area contributed by atoms with Gasteiger partial charge >= 0.3 is 5.97 Å². The number of esters is 1. The van der Waals surface area contributed by atoms with E-state index in [1.165, 1.54) is 11.8 Å². The molecule has 1 aromatic heterocycles. The van der Waals surface area contributed by atoms with Gasteiger partial charge in [-0.3, -0.25) is 9.69 Å². The van der Waals surface area contributed by atoms with Gasteiger partial charge in [-0.05, 0) is 24.3 Å². The largest absolute Gasteiger partial charge is 0.496 e. The summed E-state index contributed by atoms with van der Waals surface area (Å²) in [6.07, 6.45) is 0.690. The maximum Gasteiger partial charge on any atom is 0.344 e. The predicted molar refractivity (Wildman–Crippen MR) is 108 cm³/mol. The first-order valence-corrected chi connectivity index (χ1v) is 10.2. The second kappa shape index (κ2) is 7.17. The van der Waals surface area contributed by atoms with Crippen molar-refractivity contribution in [1.82, 2.24) is 10.1 Å². The molecule has 2 aliphatic heterocycles. The molecule has 0 bridgehead atoms. The number of carbonyl (C=O) groups is 2. The number of aromatic nitrogens is 2. The molecule has 0 N–H and O–H groups in total. The van der Waals surface area contributed by atoms with Crippen LogP contribution in [-0.4, -0.2) is 34.0 Å². The van der Waals surface area contributed by atoms with E-state index in [4.69, 9.17) is 14.0 Å². The Morgan fingerprint density at radius 2 is 2.03 bits per heavy atom. The number of benzene rings is 2. The van der Waals surface area contributed by atoms with Crippen LogP contribution >= 0.6 is 11.8 Å². The highest BCUT2D eigenvalue weighted by Gasteiger charge is 2.58. The van der Waals surface area contributed by atoms with E-state index < -0.39 is 10.8 Å². The molecule has 9 heteroatoms. The normalized spacial score (nSPS) is 19.5. The van der Waals surface area contributed by atoms with Gasteiger partial charge in [-0.1, -0.05) is 41.2 Å². The minimum absolute atomic E-state index is 0.0827. The number of rotatable bonds is 5. The van der Waals surface area contributed by atoms with Gasteiger partial charge < -0.3 is 14.0 Å². The number of nitrogens with zero attached hydrogens (tertiary/aromatic N) is 3. The average molecular weight is 423 g/mol. The zero-order valence-electron chi connectivity index (χ0n) is 16.0. The molecule has 1 saturated heterocycles. The molecule has 1 unspecified atom stereocenters. The maximum absolute atomic E-state index is 13.1. The highest BCUT2D eigenvalue weighted by molar-refractivity contribution is 8.02. The average Bonchev–Trinajstić information content (AvgIpc) is 3.46. The lowest BCUT2D eigenvalue weighted by Gasteiger charge is -2.28. The number of carbonyl (C=O) groups excluding carboxylic acids is 2. The second-order valence-corrected chi connectivity index (χ2v) is 8.19. The van der Waals surface area contributed by atoms with Gasteiger partial charge in [0.15, 0.2) is 11.5 Å². The van der Waals surface area contributed by atoms with E-state index in [9.17, 15) is 9.59 Å². The van der Waals surface area contributed by atoms with Gasteiger partial charge in [-0.15, -0.1) is 0 Å². The van der Waals surface area contributed by atoms with E-state index in [-0.39, 0.29) is 18.4 Å². The molecule has 8 nitrogen and oxygen atoms in total. The van der Waals surface area contributed by atoms with Crippen molar-refractivity contribution in [2.24, 2.45) is 0 Å². The van der Waals surface area contributed by atoms with Gasteiger partial charge in [-0.25, -0.2) is 4.79 Å². The molecule has 3 aromatic rings. The van der Waals surface area contributed by atoms with Crippen molar-refractivity contribution >= 4 is 29.3 Å². The maximum atomic E-state index is 13.1. The monoisotopic (exact) mass is 423 g/mol. The van der Waals surface area contributed by atoms with Crippen LogP contribution in [0.4, 0.5) is 5.69 Å². The van der Waals surface area contributed by atoms with E-state index in [1.54, 1.807) is 18.1 Å². The fourth-order valence-corrected chi connectivity index (χ4v) is 5.18. The summed E-state index contributed by atoms with van der Waals surface area (Å²) < 4.78 is 16.1. The van der Waals surface area contributed by atoms with E-state index in [0.29, 0.717) is 30.0 Å². The van der Waals surface area contributed by atoms with Gasteiger partial charge in [0.05, 0.1) is 18.4 Å². The van der Waals surface area contributed by atoms with Gasteiger partial charge in [0, 0.05) is 17.7 Å². The Balaban J connectivity index is 1.34. The Kier molecular flexibility index (Phi) is 4.47. The molecule has 2 aliphatic rings. The molecule has 0 saturated carbocycles. The topological polar surface area (TPSA) is 94.8 Å². The molecule has 30 heavy (non-hydrogen) atoms. The van der Waals surface area contributed by atoms with Gasteiger partial charge in [-0.2, -0.15) is 4.98 Å². The van der Waals surface area contributed by atoms with Gasteiger partial charge in [0.25, 0.3) is 5.89 Å². The Hall–Kier alpha value is -3.33. The number of para-hydroxylation sites is 2. The third-order valence-electron chi connectivity index (χ3n) is 5.13. The fourth-order valence-electron chi connectivity index (χ4n) is 3.76. The summed E-state index contributed by atoms with van der Waals surface area (Å²) in [5.74, 6) is 0.544. The Morgan fingerprint density at radius 3 is 2.90 bits per heavy atom. The van der Waals surface area contributed by atoms with Crippen molar-refractivity contribution in [2.75, 3.05) is 12.0 Å². The lowest BCUT2D eigenvalue weighted by atomic mass is 10.2. The molecule has 1 fully saturated rings.